The number of carbonyl (C=O) groups is 4. The Hall–Kier alpha value is 5.44. The molecule has 0 spiro atoms. The first-order valence-electron chi connectivity index (χ1n) is 5.77. The monoisotopic (exact) mass is 643 g/mol. The van der Waals surface area contributed by atoms with E-state index in [1.807, 2.05) is 0 Å². The van der Waals surface area contributed by atoms with Crippen molar-refractivity contribution in [3.05, 3.63) is 0 Å². The van der Waals surface area contributed by atoms with Gasteiger partial charge in [0, 0.05) is 6.42 Å². The maximum atomic E-state index is 11.3. The molecular weight excluding hydrogens is 602 g/mol. The summed E-state index contributed by atoms with van der Waals surface area (Å²) in [5.41, 5.74) is -2.61. The van der Waals surface area contributed by atoms with E-state index in [1.165, 1.54) is 0 Å². The van der Waals surface area contributed by atoms with Crippen LogP contribution in [-0.2, 0) is 19.2 Å². The largest absolute Gasteiger partial charge is 1.00 e. The Morgan fingerprint density at radius 3 is 1.03 bits per heavy atom. The number of aliphatic carboxylic acids is 4. The molecular formula is C10H41N3Na8O16. The quantitative estimate of drug-likeness (QED) is 0.0647. The van der Waals surface area contributed by atoms with Gasteiger partial charge in [0.2, 0.25) is 0 Å². The predicted octanol–water partition coefficient (Wildman–Crippen LogP) is -32.8. The molecule has 27 heteroatoms. The minimum absolute atomic E-state index is 0. The second-order valence-corrected chi connectivity index (χ2v) is 4.61. The molecule has 0 aromatic heterocycles. The summed E-state index contributed by atoms with van der Waals surface area (Å²) in [5, 5.41) is 37.4. The Morgan fingerprint density at radius 2 is 0.865 bits per heavy atom. The fourth-order valence-electron chi connectivity index (χ4n) is 1.88. The maximum absolute atomic E-state index is 11.3. The zero-order chi connectivity index (χ0) is 16.8. The molecule has 0 bridgehead atoms. The van der Waals surface area contributed by atoms with E-state index in [4.69, 9.17) is 27.0 Å². The average Bonchev–Trinajstić information content (AvgIpc) is 2.24. The number of hydrogen-bond acceptors (Lipinski definition) is 7. The summed E-state index contributed by atoms with van der Waals surface area (Å²) in [5.74, 6) is 4.63. The van der Waals surface area contributed by atoms with Gasteiger partial charge < -0.3 is 80.4 Å². The van der Waals surface area contributed by atoms with Crippen LogP contribution in [0.1, 0.15) is 37.1 Å². The van der Waals surface area contributed by atoms with Gasteiger partial charge in [-0.15, -0.1) is 0 Å². The molecule has 0 amide bonds. The molecule has 0 atom stereocenters. The van der Waals surface area contributed by atoms with Crippen molar-refractivity contribution in [2.75, 3.05) is 6.54 Å². The van der Waals surface area contributed by atoms with Crippen LogP contribution in [0.5, 0.6) is 0 Å². The van der Waals surface area contributed by atoms with Gasteiger partial charge in [-0.05, 0) is 0 Å². The topological polar surface area (TPSA) is 456 Å². The maximum Gasteiger partial charge on any atom is 1.00 e. The van der Waals surface area contributed by atoms with Gasteiger partial charge in [-0.2, -0.15) is 16.4 Å². The van der Waals surface area contributed by atoms with Crippen molar-refractivity contribution in [1.82, 2.24) is 0 Å². The van der Waals surface area contributed by atoms with E-state index in [2.05, 4.69) is 0 Å². The zero-order valence-electron chi connectivity index (χ0n) is 31.0. The van der Waals surface area contributed by atoms with E-state index in [-0.39, 0.29) is 298 Å². The van der Waals surface area contributed by atoms with Crippen LogP contribution in [0.25, 0.3) is 0 Å². The molecule has 0 fully saturated rings. The third-order valence-corrected chi connectivity index (χ3v) is 2.98. The van der Waals surface area contributed by atoms with Crippen molar-refractivity contribution >= 4 is 23.9 Å². The average molecular weight is 643 g/mol. The van der Waals surface area contributed by atoms with Crippen molar-refractivity contribution in [2.45, 2.75) is 31.2 Å². The molecule has 0 radical (unpaired) electrons. The first-order valence-corrected chi connectivity index (χ1v) is 5.77. The fraction of sp³-hybridized carbons (Fsp3) is 0.600. The molecule has 37 heavy (non-hydrogen) atoms. The van der Waals surface area contributed by atoms with Crippen molar-refractivity contribution in [3.63, 3.8) is 0 Å². The van der Waals surface area contributed by atoms with Crippen LogP contribution in [0.2, 0.25) is 0 Å². The van der Waals surface area contributed by atoms with E-state index >= 15 is 0 Å². The summed E-state index contributed by atoms with van der Waals surface area (Å²) < 4.78 is -1.50. The van der Waals surface area contributed by atoms with Crippen LogP contribution in [0, 0.1) is 0 Å². The minimum Gasteiger partial charge on any atom is -1.00 e. The summed E-state index contributed by atoms with van der Waals surface area (Å²) in [4.78, 5) is 43.4. The summed E-state index contributed by atoms with van der Waals surface area (Å²) >= 11 is 0. The molecule has 0 rings (SSSR count). The molecule has 0 heterocycles. The third-order valence-electron chi connectivity index (χ3n) is 2.98. The Bertz CT molecular complexity index is 498. The Kier molecular flexibility index (Phi) is 174. The van der Waals surface area contributed by atoms with Gasteiger partial charge in [-0.25, -0.2) is 0 Å². The van der Waals surface area contributed by atoms with Gasteiger partial charge in [-0.3, -0.25) is 14.4 Å². The van der Waals surface area contributed by atoms with Crippen LogP contribution in [0.4, 0.5) is 0 Å². The van der Waals surface area contributed by atoms with Gasteiger partial charge in [-0.1, -0.05) is 0 Å². The van der Waals surface area contributed by atoms with Crippen LogP contribution >= 0.6 is 0 Å². The number of carboxylic acid groups (broad SMARTS) is 4. The number of carboxylic acids is 4. The fourth-order valence-corrected chi connectivity index (χ4v) is 1.88. The second-order valence-electron chi connectivity index (χ2n) is 4.61. The second kappa shape index (κ2) is 57.1. The third kappa shape index (κ3) is 46.0. The van der Waals surface area contributed by atoms with E-state index in [1.54, 1.807) is 0 Å². The van der Waals surface area contributed by atoms with E-state index in [9.17, 15) is 24.3 Å². The van der Waals surface area contributed by atoms with E-state index in [0.717, 1.165) is 0 Å². The molecule has 0 aliphatic heterocycles. The Balaban J connectivity index is -0.00000000725. The molecule has 0 saturated heterocycles. The predicted molar refractivity (Wildman–Crippen MR) is 100 cm³/mol. The minimum atomic E-state index is -2.61. The standard InChI is InChI=1S/C10H17N3O8.8Na.8H2O.8H/c11-13(12,3-1-2-6(14)15)10(9(20)21,4-7(16)17)5-8(18)19;;;;;;;;;;;;;;;;;;;;;;;;/h1-5,11-12H2,(H3-,14,15,16,17,18,19,20,21);;;;;;;;;8*1H2;;;;;;;;/q;8*+1;;;;;;;;;8*-1. The van der Waals surface area contributed by atoms with Crippen molar-refractivity contribution < 1.29 is 336 Å². The van der Waals surface area contributed by atoms with Gasteiger partial charge >= 0.3 is 254 Å². The number of quaternary nitrogens is 1. The van der Waals surface area contributed by atoms with Crippen LogP contribution in [-0.4, -0.2) is 99.8 Å². The molecule has 0 aromatic carbocycles. The molecule has 23 N–H and O–H groups in total. The first-order chi connectivity index (χ1) is 9.44. The van der Waals surface area contributed by atoms with Gasteiger partial charge in [0.15, 0.2) is 5.54 Å². The molecule has 0 aliphatic carbocycles. The number of rotatable bonds is 10. The van der Waals surface area contributed by atoms with Crippen molar-refractivity contribution in [2.24, 2.45) is 11.7 Å². The Morgan fingerprint density at radius 1 is 0.622 bits per heavy atom. The molecule has 0 aromatic rings. The van der Waals surface area contributed by atoms with E-state index < -0.39 is 59.9 Å². The molecule has 200 valence electrons. The van der Waals surface area contributed by atoms with Crippen molar-refractivity contribution in [1.29, 1.82) is 0 Å². The van der Waals surface area contributed by atoms with Gasteiger partial charge in [0.1, 0.15) is 25.4 Å². The number of nitrogens with zero attached hydrogens (tertiary/aromatic N) is 1. The molecule has 19 nitrogen and oxygen atoms in total. The van der Waals surface area contributed by atoms with Crippen molar-refractivity contribution in [3.8, 4) is 0 Å². The molecule has 0 saturated carbocycles. The van der Waals surface area contributed by atoms with Crippen LogP contribution in [0.3, 0.4) is 0 Å². The van der Waals surface area contributed by atoms with Crippen LogP contribution < -0.4 is 253 Å². The Labute approximate surface area is 401 Å². The van der Waals surface area contributed by atoms with Crippen LogP contribution in [0.15, 0.2) is 0 Å². The van der Waals surface area contributed by atoms with Gasteiger partial charge in [0.05, 0.1) is 6.42 Å². The summed E-state index contributed by atoms with van der Waals surface area (Å²) in [6, 6.07) is 0. The molecule has 0 unspecified atom stereocenters. The summed E-state index contributed by atoms with van der Waals surface area (Å²) in [6.45, 7) is -0.458. The molecule has 0 aliphatic rings. The summed E-state index contributed by atoms with van der Waals surface area (Å²) in [6.07, 6.45) is -2.92. The number of nitrogens with two attached hydrogens (primary N) is 2. The normalized spacial score (nSPS) is 6.76. The number of hydrogen-bond donors (Lipinski definition) is 5. The summed E-state index contributed by atoms with van der Waals surface area (Å²) in [7, 11) is 0. The smallest absolute Gasteiger partial charge is 1.00 e. The number of carbonyl (C=O) groups excluding carboxylic acids is 1. The van der Waals surface area contributed by atoms with E-state index in [0.29, 0.717) is 0 Å². The van der Waals surface area contributed by atoms with Gasteiger partial charge in [0.25, 0.3) is 0 Å². The zero-order valence-corrected chi connectivity index (χ0v) is 39.0. The first kappa shape index (κ1) is 113. The SMILES string of the molecule is N[N+](N)(CCCC(=O)O)C(CC(=O)O)(CC(=O)O)C(=O)[O-].O.O.O.O.O.O.O.O.[H-].[H-].[H-].[H-].[H-].[H-].[H-].[H-].[Na+].[Na+].[Na+].[Na+].[Na+].[Na+].[Na+].[Na+].